The van der Waals surface area contributed by atoms with Crippen LogP contribution in [0.2, 0.25) is 0 Å². The van der Waals surface area contributed by atoms with Crippen LogP contribution < -0.4 is 0 Å². The first-order valence-electron chi connectivity index (χ1n) is 4.93. The van der Waals surface area contributed by atoms with Gasteiger partial charge in [-0.3, -0.25) is 0 Å². The third-order valence-electron chi connectivity index (χ3n) is 2.51. The Bertz CT molecular complexity index is 556. The van der Waals surface area contributed by atoms with Gasteiger partial charge in [0.25, 0.3) is 0 Å². The van der Waals surface area contributed by atoms with Gasteiger partial charge in [-0.25, -0.2) is 13.2 Å². The summed E-state index contributed by atoms with van der Waals surface area (Å²) in [6.07, 6.45) is 0. The summed E-state index contributed by atoms with van der Waals surface area (Å²) >= 11 is 0. The first-order valence-corrected chi connectivity index (χ1v) is 4.93. The smallest absolute Gasteiger partial charge is 0.194 e. The average molecular weight is 238 g/mol. The highest BCUT2D eigenvalue weighted by molar-refractivity contribution is 5.65. The average Bonchev–Trinajstić information content (AvgIpc) is 2.29. The molecule has 0 bridgehead atoms. The molecule has 0 aliphatic heterocycles. The van der Waals surface area contributed by atoms with E-state index in [0.717, 1.165) is 12.1 Å². The lowest BCUT2D eigenvalue weighted by molar-refractivity contribution is 0.447. The zero-order valence-electron chi connectivity index (χ0n) is 8.97. The Kier molecular flexibility index (Phi) is 2.79. The van der Waals surface area contributed by atoms with Gasteiger partial charge < -0.3 is 5.11 Å². The van der Waals surface area contributed by atoms with Crippen LogP contribution >= 0.6 is 0 Å². The van der Waals surface area contributed by atoms with E-state index < -0.39 is 17.5 Å². The highest BCUT2D eigenvalue weighted by Gasteiger charge is 2.11. The Morgan fingerprint density at radius 2 is 1.47 bits per heavy atom. The van der Waals surface area contributed by atoms with Crippen LogP contribution in [-0.2, 0) is 0 Å². The zero-order valence-corrected chi connectivity index (χ0v) is 8.97. The molecule has 0 saturated carbocycles. The molecule has 0 amide bonds. The fourth-order valence-corrected chi connectivity index (χ4v) is 1.56. The lowest BCUT2D eigenvalue weighted by Crippen LogP contribution is -1.92. The number of phenols is 1. The second-order valence-corrected chi connectivity index (χ2v) is 3.76. The quantitative estimate of drug-likeness (QED) is 0.749. The van der Waals surface area contributed by atoms with E-state index in [1.807, 2.05) is 0 Å². The number of benzene rings is 2. The second kappa shape index (κ2) is 4.13. The summed E-state index contributed by atoms with van der Waals surface area (Å²) in [7, 11) is 0. The van der Waals surface area contributed by atoms with Gasteiger partial charge in [-0.15, -0.1) is 0 Å². The molecular formula is C13H9F3O. The molecule has 0 radical (unpaired) electrons. The van der Waals surface area contributed by atoms with Gasteiger partial charge in [-0.1, -0.05) is 6.07 Å². The molecule has 2 rings (SSSR count). The molecule has 2 aromatic rings. The molecule has 17 heavy (non-hydrogen) atoms. The Morgan fingerprint density at radius 3 is 2.00 bits per heavy atom. The number of phenolic OH excluding ortho intramolecular Hbond substituents is 1. The van der Waals surface area contributed by atoms with Gasteiger partial charge in [0.1, 0.15) is 5.75 Å². The summed E-state index contributed by atoms with van der Waals surface area (Å²) in [5.41, 5.74) is 1.32. The van der Waals surface area contributed by atoms with Crippen molar-refractivity contribution >= 4 is 0 Å². The SMILES string of the molecule is Cc1cc(-c2cc(F)c(F)c(F)c2)ccc1O. The van der Waals surface area contributed by atoms with Gasteiger partial charge in [0.05, 0.1) is 0 Å². The minimum Gasteiger partial charge on any atom is -0.508 e. The number of hydrogen-bond donors (Lipinski definition) is 1. The largest absolute Gasteiger partial charge is 0.508 e. The number of hydrogen-bond acceptors (Lipinski definition) is 1. The van der Waals surface area contributed by atoms with Crippen molar-refractivity contribution in [2.45, 2.75) is 6.92 Å². The molecular weight excluding hydrogens is 229 g/mol. The van der Waals surface area contributed by atoms with Gasteiger partial charge in [0.2, 0.25) is 0 Å². The summed E-state index contributed by atoms with van der Waals surface area (Å²) < 4.78 is 38.9. The van der Waals surface area contributed by atoms with Crippen LogP contribution in [0.5, 0.6) is 5.75 Å². The number of halogens is 3. The monoisotopic (exact) mass is 238 g/mol. The highest BCUT2D eigenvalue weighted by atomic mass is 19.2. The highest BCUT2D eigenvalue weighted by Crippen LogP contribution is 2.27. The summed E-state index contributed by atoms with van der Waals surface area (Å²) in [5.74, 6) is -3.85. The third kappa shape index (κ3) is 2.11. The van der Waals surface area contributed by atoms with E-state index in [1.54, 1.807) is 13.0 Å². The maximum Gasteiger partial charge on any atom is 0.194 e. The minimum absolute atomic E-state index is 0.0943. The number of aromatic hydroxyl groups is 1. The normalized spacial score (nSPS) is 10.6. The molecule has 1 N–H and O–H groups in total. The summed E-state index contributed by atoms with van der Waals surface area (Å²) in [6.45, 7) is 1.66. The van der Waals surface area contributed by atoms with Gasteiger partial charge in [-0.05, 0) is 47.9 Å². The molecule has 0 aliphatic rings. The molecule has 0 aliphatic carbocycles. The summed E-state index contributed by atoms with van der Waals surface area (Å²) in [6, 6.07) is 6.34. The fourth-order valence-electron chi connectivity index (χ4n) is 1.56. The summed E-state index contributed by atoms with van der Waals surface area (Å²) in [4.78, 5) is 0. The molecule has 0 saturated heterocycles. The molecule has 1 nitrogen and oxygen atoms in total. The van der Waals surface area contributed by atoms with Crippen molar-refractivity contribution in [2.24, 2.45) is 0 Å². The van der Waals surface area contributed by atoms with E-state index in [0.29, 0.717) is 11.1 Å². The maximum atomic E-state index is 13.0. The predicted molar refractivity (Wildman–Crippen MR) is 58.2 cm³/mol. The van der Waals surface area contributed by atoms with E-state index in [-0.39, 0.29) is 11.3 Å². The van der Waals surface area contributed by atoms with Crippen molar-refractivity contribution in [2.75, 3.05) is 0 Å². The third-order valence-corrected chi connectivity index (χ3v) is 2.51. The molecule has 0 atom stereocenters. The summed E-state index contributed by atoms with van der Waals surface area (Å²) in [5, 5.41) is 9.34. The molecule has 0 fully saturated rings. The van der Waals surface area contributed by atoms with Crippen LogP contribution in [0.25, 0.3) is 11.1 Å². The molecule has 0 aromatic heterocycles. The first kappa shape index (κ1) is 11.5. The van der Waals surface area contributed by atoms with Crippen LogP contribution in [0.15, 0.2) is 30.3 Å². The Labute approximate surface area is 96.1 Å². The van der Waals surface area contributed by atoms with Crippen LogP contribution in [-0.4, -0.2) is 5.11 Å². The van der Waals surface area contributed by atoms with Crippen molar-refractivity contribution < 1.29 is 18.3 Å². The van der Waals surface area contributed by atoms with Crippen LogP contribution in [0.1, 0.15) is 5.56 Å². The molecule has 88 valence electrons. The Hall–Kier alpha value is -1.97. The lowest BCUT2D eigenvalue weighted by Gasteiger charge is -2.06. The van der Waals surface area contributed by atoms with Crippen molar-refractivity contribution in [3.63, 3.8) is 0 Å². The molecule has 0 unspecified atom stereocenters. The van der Waals surface area contributed by atoms with Crippen LogP contribution in [0.3, 0.4) is 0 Å². The van der Waals surface area contributed by atoms with Crippen molar-refractivity contribution in [1.29, 1.82) is 0 Å². The number of aryl methyl sites for hydroxylation is 1. The maximum absolute atomic E-state index is 13.0. The van der Waals surface area contributed by atoms with E-state index in [2.05, 4.69) is 0 Å². The van der Waals surface area contributed by atoms with E-state index in [9.17, 15) is 18.3 Å². The lowest BCUT2D eigenvalue weighted by atomic mass is 10.0. The van der Waals surface area contributed by atoms with Gasteiger partial charge in [0, 0.05) is 0 Å². The minimum atomic E-state index is -1.48. The van der Waals surface area contributed by atoms with Gasteiger partial charge in [-0.2, -0.15) is 0 Å². The molecule has 2 aromatic carbocycles. The predicted octanol–water partition coefficient (Wildman–Crippen LogP) is 3.78. The number of rotatable bonds is 1. The zero-order chi connectivity index (χ0) is 12.6. The fraction of sp³-hybridized carbons (Fsp3) is 0.0769. The Morgan fingerprint density at radius 1 is 0.882 bits per heavy atom. The van der Waals surface area contributed by atoms with Crippen molar-refractivity contribution in [3.8, 4) is 16.9 Å². The van der Waals surface area contributed by atoms with E-state index in [1.165, 1.54) is 12.1 Å². The van der Waals surface area contributed by atoms with Gasteiger partial charge >= 0.3 is 0 Å². The molecule has 0 spiro atoms. The standard InChI is InChI=1S/C13H9F3O/c1-7-4-8(2-3-12(7)17)9-5-10(14)13(16)11(15)6-9/h2-6,17H,1H3. The van der Waals surface area contributed by atoms with Crippen molar-refractivity contribution in [3.05, 3.63) is 53.3 Å². The van der Waals surface area contributed by atoms with Gasteiger partial charge in [0.15, 0.2) is 17.5 Å². The van der Waals surface area contributed by atoms with E-state index >= 15 is 0 Å². The Balaban J connectivity index is 2.57. The topological polar surface area (TPSA) is 20.2 Å². The first-order chi connectivity index (χ1) is 7.99. The van der Waals surface area contributed by atoms with E-state index in [4.69, 9.17) is 0 Å². The van der Waals surface area contributed by atoms with Crippen LogP contribution in [0.4, 0.5) is 13.2 Å². The van der Waals surface area contributed by atoms with Crippen molar-refractivity contribution in [1.82, 2.24) is 0 Å². The second-order valence-electron chi connectivity index (χ2n) is 3.76. The van der Waals surface area contributed by atoms with Crippen LogP contribution in [0, 0.1) is 24.4 Å². The molecule has 4 heteroatoms. The molecule has 0 heterocycles.